The van der Waals surface area contributed by atoms with Gasteiger partial charge in [-0.25, -0.2) is 0 Å². The standard InChI is InChI=1S/C18H25N3O/c1-20-11-13-10-19-18(22)16-9-14(21-7-3-2-4-8-21)5-6-15(16)17(13)12-20/h5-6,9,13,17H,2-4,7-8,10-12H2,1H3,(H,19,22). The number of hydrogen-bond donors (Lipinski definition) is 1. The number of piperidine rings is 1. The van der Waals surface area contributed by atoms with Crippen LogP contribution in [0, 0.1) is 5.92 Å². The number of carbonyl (C=O) groups excluding carboxylic acids is 1. The van der Waals surface area contributed by atoms with E-state index in [1.54, 1.807) is 0 Å². The molecule has 1 aromatic rings. The second-order valence-electron chi connectivity index (χ2n) is 7.12. The molecular weight excluding hydrogens is 274 g/mol. The lowest BCUT2D eigenvalue weighted by atomic mass is 9.87. The molecule has 3 aliphatic rings. The number of rotatable bonds is 1. The fourth-order valence-electron chi connectivity index (χ4n) is 4.38. The summed E-state index contributed by atoms with van der Waals surface area (Å²) in [5.74, 6) is 1.16. The molecule has 0 spiro atoms. The Morgan fingerprint density at radius 1 is 1.14 bits per heavy atom. The Kier molecular flexibility index (Phi) is 3.57. The Balaban J connectivity index is 1.70. The molecule has 2 saturated heterocycles. The molecule has 4 rings (SSSR count). The van der Waals surface area contributed by atoms with E-state index in [0.717, 1.165) is 38.3 Å². The van der Waals surface area contributed by atoms with Gasteiger partial charge in [-0.05, 0) is 49.9 Å². The van der Waals surface area contributed by atoms with Gasteiger partial charge in [-0.1, -0.05) is 6.07 Å². The molecule has 2 unspecified atom stereocenters. The summed E-state index contributed by atoms with van der Waals surface area (Å²) in [7, 11) is 2.18. The summed E-state index contributed by atoms with van der Waals surface area (Å²) < 4.78 is 0. The normalized spacial score (nSPS) is 28.8. The molecule has 4 nitrogen and oxygen atoms in total. The van der Waals surface area contributed by atoms with E-state index < -0.39 is 0 Å². The second-order valence-corrected chi connectivity index (χ2v) is 7.12. The van der Waals surface area contributed by atoms with E-state index in [-0.39, 0.29) is 5.91 Å². The Labute approximate surface area is 132 Å². The third-order valence-corrected chi connectivity index (χ3v) is 5.55. The van der Waals surface area contributed by atoms with Crippen LogP contribution in [0.3, 0.4) is 0 Å². The van der Waals surface area contributed by atoms with E-state index in [4.69, 9.17) is 0 Å². The zero-order valence-corrected chi connectivity index (χ0v) is 13.3. The maximum Gasteiger partial charge on any atom is 0.251 e. The lowest BCUT2D eigenvalue weighted by molar-refractivity contribution is 0.0951. The largest absolute Gasteiger partial charge is 0.372 e. The first-order valence-corrected chi connectivity index (χ1v) is 8.58. The molecule has 3 heterocycles. The number of nitrogens with one attached hydrogen (secondary N) is 1. The van der Waals surface area contributed by atoms with Crippen LogP contribution in [0.2, 0.25) is 0 Å². The minimum atomic E-state index is 0.117. The third kappa shape index (κ3) is 2.39. The lowest BCUT2D eigenvalue weighted by Crippen LogP contribution is -2.30. The summed E-state index contributed by atoms with van der Waals surface area (Å²) in [5, 5.41) is 3.14. The Morgan fingerprint density at radius 3 is 2.77 bits per heavy atom. The van der Waals surface area contributed by atoms with Crippen molar-refractivity contribution in [1.82, 2.24) is 10.2 Å². The van der Waals surface area contributed by atoms with Crippen LogP contribution in [0.5, 0.6) is 0 Å². The zero-order chi connectivity index (χ0) is 15.1. The Bertz CT molecular complexity index is 580. The van der Waals surface area contributed by atoms with Gasteiger partial charge in [0.1, 0.15) is 0 Å². The van der Waals surface area contributed by atoms with Gasteiger partial charge in [-0.15, -0.1) is 0 Å². The van der Waals surface area contributed by atoms with Crippen molar-refractivity contribution < 1.29 is 4.79 Å². The summed E-state index contributed by atoms with van der Waals surface area (Å²) >= 11 is 0. The van der Waals surface area contributed by atoms with E-state index in [9.17, 15) is 4.79 Å². The maximum atomic E-state index is 12.5. The van der Waals surface area contributed by atoms with Gasteiger partial charge in [0.25, 0.3) is 5.91 Å². The molecule has 1 amide bonds. The number of anilines is 1. The van der Waals surface area contributed by atoms with E-state index in [1.165, 1.54) is 30.5 Å². The number of fused-ring (bicyclic) bond motifs is 3. The van der Waals surface area contributed by atoms with Gasteiger partial charge in [0.2, 0.25) is 0 Å². The SMILES string of the molecule is CN1CC2CNC(=O)c3cc(N4CCCCC4)ccc3C2C1. The van der Waals surface area contributed by atoms with Crippen LogP contribution in [0.1, 0.15) is 41.1 Å². The third-order valence-electron chi connectivity index (χ3n) is 5.55. The maximum absolute atomic E-state index is 12.5. The van der Waals surface area contributed by atoms with Crippen molar-refractivity contribution in [3.8, 4) is 0 Å². The molecule has 2 atom stereocenters. The second kappa shape index (κ2) is 5.58. The van der Waals surface area contributed by atoms with Crippen molar-refractivity contribution in [1.29, 1.82) is 0 Å². The van der Waals surface area contributed by atoms with Crippen molar-refractivity contribution >= 4 is 11.6 Å². The topological polar surface area (TPSA) is 35.6 Å². The molecule has 0 saturated carbocycles. The van der Waals surface area contributed by atoms with Crippen LogP contribution < -0.4 is 10.2 Å². The van der Waals surface area contributed by atoms with E-state index >= 15 is 0 Å². The highest BCUT2D eigenvalue weighted by Crippen LogP contribution is 2.37. The molecule has 1 aromatic carbocycles. The Morgan fingerprint density at radius 2 is 1.95 bits per heavy atom. The van der Waals surface area contributed by atoms with E-state index in [1.807, 2.05) is 0 Å². The van der Waals surface area contributed by atoms with Crippen molar-refractivity contribution in [2.75, 3.05) is 44.7 Å². The minimum Gasteiger partial charge on any atom is -0.372 e. The van der Waals surface area contributed by atoms with Crippen LogP contribution >= 0.6 is 0 Å². The molecule has 22 heavy (non-hydrogen) atoms. The number of nitrogens with zero attached hydrogens (tertiary/aromatic N) is 2. The summed E-state index contributed by atoms with van der Waals surface area (Å²) in [6, 6.07) is 6.59. The predicted molar refractivity (Wildman–Crippen MR) is 88.6 cm³/mol. The number of carbonyl (C=O) groups is 1. The fourth-order valence-corrected chi connectivity index (χ4v) is 4.38. The van der Waals surface area contributed by atoms with Crippen LogP contribution in [0.25, 0.3) is 0 Å². The van der Waals surface area contributed by atoms with E-state index in [2.05, 4.69) is 40.4 Å². The predicted octanol–water partition coefficient (Wildman–Crippen LogP) is 2.07. The fraction of sp³-hybridized carbons (Fsp3) is 0.611. The van der Waals surface area contributed by atoms with Crippen molar-refractivity contribution in [3.05, 3.63) is 29.3 Å². The molecule has 3 aliphatic heterocycles. The van der Waals surface area contributed by atoms with Gasteiger partial charge in [-0.2, -0.15) is 0 Å². The van der Waals surface area contributed by atoms with Crippen LogP contribution in [-0.4, -0.2) is 50.6 Å². The average Bonchev–Trinajstić information content (AvgIpc) is 2.88. The van der Waals surface area contributed by atoms with Crippen LogP contribution in [-0.2, 0) is 0 Å². The summed E-state index contributed by atoms with van der Waals surface area (Å²) in [4.78, 5) is 17.3. The Hall–Kier alpha value is -1.55. The van der Waals surface area contributed by atoms with Gasteiger partial charge in [-0.3, -0.25) is 4.79 Å². The van der Waals surface area contributed by atoms with Crippen molar-refractivity contribution in [3.63, 3.8) is 0 Å². The summed E-state index contributed by atoms with van der Waals surface area (Å²) in [6.45, 7) is 5.19. The van der Waals surface area contributed by atoms with Gasteiger partial charge >= 0.3 is 0 Å². The lowest BCUT2D eigenvalue weighted by Gasteiger charge is -2.29. The van der Waals surface area contributed by atoms with Crippen molar-refractivity contribution in [2.45, 2.75) is 25.2 Å². The number of amides is 1. The first-order valence-electron chi connectivity index (χ1n) is 8.58. The highest BCUT2D eigenvalue weighted by Gasteiger charge is 2.36. The van der Waals surface area contributed by atoms with Gasteiger partial charge in [0, 0.05) is 49.9 Å². The van der Waals surface area contributed by atoms with Gasteiger partial charge in [0.05, 0.1) is 0 Å². The number of benzene rings is 1. The highest BCUT2D eigenvalue weighted by atomic mass is 16.1. The van der Waals surface area contributed by atoms with Gasteiger partial charge < -0.3 is 15.1 Å². The number of hydrogen-bond acceptors (Lipinski definition) is 3. The molecule has 0 radical (unpaired) electrons. The summed E-state index contributed by atoms with van der Waals surface area (Å²) in [6.07, 6.45) is 3.86. The zero-order valence-electron chi connectivity index (χ0n) is 13.3. The molecule has 0 aromatic heterocycles. The number of likely N-dealkylation sites (N-methyl/N-ethyl adjacent to an activating group) is 1. The quantitative estimate of drug-likeness (QED) is 0.862. The van der Waals surface area contributed by atoms with Crippen molar-refractivity contribution in [2.24, 2.45) is 5.92 Å². The molecule has 4 heteroatoms. The minimum absolute atomic E-state index is 0.117. The summed E-state index contributed by atoms with van der Waals surface area (Å²) in [5.41, 5.74) is 3.38. The van der Waals surface area contributed by atoms with Gasteiger partial charge in [0.15, 0.2) is 0 Å². The molecule has 1 N–H and O–H groups in total. The number of likely N-dealkylation sites (tertiary alicyclic amines) is 1. The smallest absolute Gasteiger partial charge is 0.251 e. The molecule has 0 aliphatic carbocycles. The molecular formula is C18H25N3O. The van der Waals surface area contributed by atoms with E-state index in [0.29, 0.717) is 11.8 Å². The monoisotopic (exact) mass is 299 g/mol. The molecule has 118 valence electrons. The molecule has 2 fully saturated rings. The first-order chi connectivity index (χ1) is 10.7. The van der Waals surface area contributed by atoms with Crippen LogP contribution in [0.15, 0.2) is 18.2 Å². The molecule has 0 bridgehead atoms. The average molecular weight is 299 g/mol. The first kappa shape index (κ1) is 14.1. The highest BCUT2D eigenvalue weighted by molar-refractivity contribution is 5.97. The van der Waals surface area contributed by atoms with Crippen LogP contribution in [0.4, 0.5) is 5.69 Å².